The third-order valence-electron chi connectivity index (χ3n) is 3.07. The Morgan fingerprint density at radius 1 is 0.950 bits per heavy atom. The third kappa shape index (κ3) is 14.5. The number of rotatable bonds is 11. The number of hydrogen-bond acceptors (Lipinski definition) is 4. The molecule has 113 valence electrons. The van der Waals surface area contributed by atoms with Gasteiger partial charge in [0, 0.05) is 36.0 Å². The van der Waals surface area contributed by atoms with Gasteiger partial charge < -0.3 is 10.5 Å². The molecule has 0 aliphatic carbocycles. The SMILES string of the molecule is CCCCCCCCCCCC(=O)OC(=O)C(C)N.[Na]. The molecule has 0 aromatic carbocycles. The van der Waals surface area contributed by atoms with E-state index in [1.807, 2.05) is 0 Å². The molecule has 0 saturated heterocycles. The first-order valence-corrected chi connectivity index (χ1v) is 7.58. The smallest absolute Gasteiger partial charge is 0.330 e. The van der Waals surface area contributed by atoms with Gasteiger partial charge in [0.1, 0.15) is 6.04 Å². The molecule has 0 aliphatic heterocycles. The number of esters is 2. The van der Waals surface area contributed by atoms with Crippen LogP contribution in [0.25, 0.3) is 0 Å². The van der Waals surface area contributed by atoms with Crippen molar-refractivity contribution in [2.45, 2.75) is 84.1 Å². The van der Waals surface area contributed by atoms with Gasteiger partial charge in [-0.1, -0.05) is 58.3 Å². The average Bonchev–Trinajstić information content (AvgIpc) is 2.36. The van der Waals surface area contributed by atoms with Crippen LogP contribution in [-0.2, 0) is 14.3 Å². The van der Waals surface area contributed by atoms with Crippen molar-refractivity contribution in [2.75, 3.05) is 0 Å². The molecule has 4 nitrogen and oxygen atoms in total. The number of ether oxygens (including phenoxy) is 1. The van der Waals surface area contributed by atoms with Gasteiger partial charge in [-0.25, -0.2) is 4.79 Å². The van der Waals surface area contributed by atoms with Gasteiger partial charge in [0.2, 0.25) is 0 Å². The second-order valence-electron chi connectivity index (χ2n) is 5.16. The van der Waals surface area contributed by atoms with Crippen molar-refractivity contribution in [3.05, 3.63) is 0 Å². The first kappa shape index (κ1) is 22.4. The molecule has 5 heteroatoms. The van der Waals surface area contributed by atoms with Crippen LogP contribution < -0.4 is 5.73 Å². The van der Waals surface area contributed by atoms with Crippen molar-refractivity contribution in [1.29, 1.82) is 0 Å². The van der Waals surface area contributed by atoms with Crippen LogP contribution in [0, 0.1) is 0 Å². The van der Waals surface area contributed by atoms with Gasteiger partial charge in [0.05, 0.1) is 0 Å². The number of nitrogens with two attached hydrogens (primary N) is 1. The fourth-order valence-corrected chi connectivity index (χ4v) is 1.84. The van der Waals surface area contributed by atoms with Crippen molar-refractivity contribution in [2.24, 2.45) is 5.73 Å². The van der Waals surface area contributed by atoms with Gasteiger partial charge in [-0.05, 0) is 13.3 Å². The monoisotopic (exact) mass is 294 g/mol. The van der Waals surface area contributed by atoms with Crippen molar-refractivity contribution in [3.8, 4) is 0 Å². The van der Waals surface area contributed by atoms with Crippen LogP contribution >= 0.6 is 0 Å². The maximum absolute atomic E-state index is 11.3. The van der Waals surface area contributed by atoms with Crippen LogP contribution in [0.15, 0.2) is 0 Å². The second kappa shape index (κ2) is 15.5. The Morgan fingerprint density at radius 2 is 1.40 bits per heavy atom. The van der Waals surface area contributed by atoms with Gasteiger partial charge in [0.25, 0.3) is 0 Å². The Hall–Kier alpha value is 0.1000. The largest absolute Gasteiger partial charge is 0.392 e. The van der Waals surface area contributed by atoms with Gasteiger partial charge in [-0.15, -0.1) is 0 Å². The Bertz CT molecular complexity index is 258. The summed E-state index contributed by atoms with van der Waals surface area (Å²) in [6, 6.07) is -0.730. The maximum Gasteiger partial charge on any atom is 0.330 e. The number of hydrogen-bond donors (Lipinski definition) is 1. The van der Waals surface area contributed by atoms with Crippen molar-refractivity contribution in [3.63, 3.8) is 0 Å². The molecule has 0 aromatic rings. The van der Waals surface area contributed by atoms with E-state index in [2.05, 4.69) is 11.7 Å². The van der Waals surface area contributed by atoms with Crippen molar-refractivity contribution in [1.82, 2.24) is 0 Å². The normalized spacial score (nSPS) is 11.6. The molecular weight excluding hydrogens is 265 g/mol. The predicted octanol–water partition coefficient (Wildman–Crippen LogP) is 2.94. The molecule has 1 radical (unpaired) electrons. The zero-order chi connectivity index (χ0) is 14.5. The molecule has 0 spiro atoms. The van der Waals surface area contributed by atoms with Gasteiger partial charge in [-0.3, -0.25) is 4.79 Å². The van der Waals surface area contributed by atoms with Gasteiger partial charge in [0.15, 0.2) is 0 Å². The van der Waals surface area contributed by atoms with E-state index in [-0.39, 0.29) is 29.6 Å². The van der Waals surface area contributed by atoms with Crippen molar-refractivity contribution >= 4 is 41.5 Å². The van der Waals surface area contributed by atoms with E-state index < -0.39 is 18.0 Å². The first-order valence-electron chi connectivity index (χ1n) is 7.58. The molecule has 1 unspecified atom stereocenters. The van der Waals surface area contributed by atoms with Crippen LogP contribution in [0.5, 0.6) is 0 Å². The molecule has 0 rings (SSSR count). The Morgan fingerprint density at radius 3 is 1.85 bits per heavy atom. The molecule has 0 aliphatic rings. The zero-order valence-corrected chi connectivity index (χ0v) is 15.5. The molecule has 0 aromatic heterocycles. The molecule has 1 atom stereocenters. The van der Waals surface area contributed by atoms with E-state index in [1.165, 1.54) is 45.4 Å². The molecule has 0 amide bonds. The molecular formula is C15H29NNaO3. The summed E-state index contributed by atoms with van der Waals surface area (Å²) >= 11 is 0. The van der Waals surface area contributed by atoms with Crippen LogP contribution in [0.2, 0.25) is 0 Å². The predicted molar refractivity (Wildman–Crippen MR) is 82.3 cm³/mol. The topological polar surface area (TPSA) is 69.4 Å². The summed E-state index contributed by atoms with van der Waals surface area (Å²) in [5.41, 5.74) is 5.30. The van der Waals surface area contributed by atoms with Gasteiger partial charge >= 0.3 is 11.9 Å². The quantitative estimate of drug-likeness (QED) is 0.275. The minimum atomic E-state index is -0.730. The third-order valence-corrected chi connectivity index (χ3v) is 3.07. The molecule has 0 bridgehead atoms. The summed E-state index contributed by atoms with van der Waals surface area (Å²) in [6.07, 6.45) is 11.1. The standard InChI is InChI=1S/C15H29NO3.Na/c1-3-4-5-6-7-8-9-10-11-12-14(17)19-15(18)13(2)16;/h13H,3-12,16H2,1-2H3;. The number of carbonyl (C=O) groups excluding carboxylic acids is 2. The summed E-state index contributed by atoms with van der Waals surface area (Å²) in [7, 11) is 0. The van der Waals surface area contributed by atoms with Crippen LogP contribution in [0.1, 0.15) is 78.1 Å². The zero-order valence-electron chi connectivity index (χ0n) is 13.5. The minimum Gasteiger partial charge on any atom is -0.392 e. The van der Waals surface area contributed by atoms with E-state index in [9.17, 15) is 9.59 Å². The minimum absolute atomic E-state index is 0. The first-order chi connectivity index (χ1) is 9.07. The van der Waals surface area contributed by atoms with E-state index in [4.69, 9.17) is 5.73 Å². The second-order valence-corrected chi connectivity index (χ2v) is 5.16. The summed E-state index contributed by atoms with van der Waals surface area (Å²) < 4.78 is 4.58. The van der Waals surface area contributed by atoms with E-state index in [1.54, 1.807) is 0 Å². The summed E-state index contributed by atoms with van der Waals surface area (Å²) in [5, 5.41) is 0. The van der Waals surface area contributed by atoms with Crippen molar-refractivity contribution < 1.29 is 14.3 Å². The fraction of sp³-hybridized carbons (Fsp3) is 0.867. The van der Waals surface area contributed by atoms with Crippen LogP contribution in [-0.4, -0.2) is 47.5 Å². The maximum atomic E-state index is 11.3. The molecule has 2 N–H and O–H groups in total. The Kier molecular flexibility index (Phi) is 17.3. The molecule has 0 fully saturated rings. The number of unbranched alkanes of at least 4 members (excludes halogenated alkanes) is 8. The number of carbonyl (C=O) groups is 2. The molecule has 0 saturated carbocycles. The van der Waals surface area contributed by atoms with E-state index in [0.29, 0.717) is 6.42 Å². The fourth-order valence-electron chi connectivity index (χ4n) is 1.84. The average molecular weight is 294 g/mol. The Balaban J connectivity index is 0. The summed E-state index contributed by atoms with van der Waals surface area (Å²) in [6.45, 7) is 3.73. The van der Waals surface area contributed by atoms with E-state index >= 15 is 0 Å². The van der Waals surface area contributed by atoms with E-state index in [0.717, 1.165) is 19.3 Å². The molecule has 0 heterocycles. The van der Waals surface area contributed by atoms with Crippen LogP contribution in [0.4, 0.5) is 0 Å². The van der Waals surface area contributed by atoms with Crippen LogP contribution in [0.3, 0.4) is 0 Å². The Labute approximate surface area is 145 Å². The van der Waals surface area contributed by atoms with Gasteiger partial charge in [-0.2, -0.15) is 0 Å². The molecule has 20 heavy (non-hydrogen) atoms. The summed E-state index contributed by atoms with van der Waals surface area (Å²) in [5.74, 6) is -1.09. The summed E-state index contributed by atoms with van der Waals surface area (Å²) in [4.78, 5) is 22.3.